The second kappa shape index (κ2) is 38.4. The summed E-state index contributed by atoms with van der Waals surface area (Å²) in [6.45, 7) is 10.1. The summed E-state index contributed by atoms with van der Waals surface area (Å²) in [7, 11) is 0. The van der Waals surface area contributed by atoms with Gasteiger partial charge in [0.15, 0.2) is 0 Å². The summed E-state index contributed by atoms with van der Waals surface area (Å²) in [5, 5.41) is 0. The van der Waals surface area contributed by atoms with Crippen molar-refractivity contribution in [1.82, 2.24) is 0 Å². The van der Waals surface area contributed by atoms with E-state index in [1.54, 1.807) is 0 Å². The van der Waals surface area contributed by atoms with E-state index in [-0.39, 0.29) is 26.4 Å². The molecule has 62 heavy (non-hydrogen) atoms. The molecule has 0 saturated carbocycles. The Hall–Kier alpha value is -3.04. The Morgan fingerprint density at radius 2 is 0.726 bits per heavy atom. The molecule has 2 aromatic rings. The molecular weight excluding hydrogens is 831 g/mol. The number of esters is 1. The van der Waals surface area contributed by atoms with Gasteiger partial charge < -0.3 is 56.8 Å². The minimum absolute atomic E-state index is 0.0795. The van der Waals surface area contributed by atoms with Crippen LogP contribution in [-0.4, -0.2) is 145 Å². The fraction of sp³-hybridized carbons (Fsp3) is 0.705. The lowest BCUT2D eigenvalue weighted by Gasteiger charge is -2.09. The van der Waals surface area contributed by atoms with Crippen LogP contribution in [0.2, 0.25) is 0 Å². The highest BCUT2D eigenvalue weighted by atomic mass is 19.2. The summed E-state index contributed by atoms with van der Waals surface area (Å²) in [6.07, 6.45) is 9.89. The zero-order chi connectivity index (χ0) is 44.7. The van der Waals surface area contributed by atoms with E-state index in [4.69, 9.17) is 52.1 Å². The largest absolute Gasteiger partial charge is 0.491 e. The van der Waals surface area contributed by atoms with Crippen molar-refractivity contribution in [3.63, 3.8) is 0 Å². The average molecular weight is 899 g/mol. The molecule has 0 atom stereocenters. The van der Waals surface area contributed by atoms with Gasteiger partial charge in [0.05, 0.1) is 139 Å². The Morgan fingerprint density at radius 3 is 1.11 bits per heavy atom. The fourth-order valence-electron chi connectivity index (χ4n) is 5.33. The van der Waals surface area contributed by atoms with Crippen LogP contribution in [0.1, 0.15) is 63.9 Å². The molecule has 0 saturated heterocycles. The number of unbranched alkanes of at least 4 members (excludes halogenated alkanes) is 6. The maximum Gasteiger partial charge on any atom is 0.313 e. The molecule has 0 unspecified atom stereocenters. The Morgan fingerprint density at radius 1 is 0.403 bits per heavy atom. The molecule has 0 aliphatic heterocycles. The molecule has 0 fully saturated rings. The van der Waals surface area contributed by atoms with E-state index in [1.165, 1.54) is 50.5 Å². The molecule has 2 rings (SSSR count). The first-order valence-corrected chi connectivity index (χ1v) is 21.6. The monoisotopic (exact) mass is 898 g/mol. The van der Waals surface area contributed by atoms with Gasteiger partial charge in [0.2, 0.25) is 34.8 Å². The summed E-state index contributed by atoms with van der Waals surface area (Å²) < 4.78 is 131. The molecule has 0 N–H and O–H groups in total. The first-order valence-electron chi connectivity index (χ1n) is 21.6. The SMILES string of the molecule is CCCCCCCCCc1ccc(OCCOCCOCCOCCOCCOCCOCCOCCOCCOCCOCCC(=O)Oc2c(F)c(F)c(F)c(F)c2F)cc1. The number of ether oxygens (including phenoxy) is 12. The molecule has 356 valence electrons. The maximum atomic E-state index is 13.6. The number of carbonyl (C=O) groups excluding carboxylic acids is 1. The van der Waals surface area contributed by atoms with Gasteiger partial charge in [-0.3, -0.25) is 4.79 Å². The van der Waals surface area contributed by atoms with Crippen molar-refractivity contribution >= 4 is 5.97 Å². The third kappa shape index (κ3) is 27.9. The predicted octanol–water partition coefficient (Wildman–Crippen LogP) is 7.22. The van der Waals surface area contributed by atoms with Crippen molar-refractivity contribution in [2.75, 3.05) is 139 Å². The topological polar surface area (TPSA) is 128 Å². The van der Waals surface area contributed by atoms with Gasteiger partial charge in [0, 0.05) is 0 Å². The second-order valence-electron chi connectivity index (χ2n) is 13.6. The lowest BCUT2D eigenvalue weighted by atomic mass is 10.0. The quantitative estimate of drug-likeness (QED) is 0.0166. The molecule has 0 aliphatic carbocycles. The molecule has 0 aromatic heterocycles. The third-order valence-electron chi connectivity index (χ3n) is 8.67. The lowest BCUT2D eigenvalue weighted by molar-refractivity contribution is -0.136. The average Bonchev–Trinajstić information content (AvgIpc) is 3.28. The van der Waals surface area contributed by atoms with E-state index in [1.807, 2.05) is 12.1 Å². The maximum absolute atomic E-state index is 13.6. The van der Waals surface area contributed by atoms with Crippen LogP contribution in [0.4, 0.5) is 22.0 Å². The van der Waals surface area contributed by atoms with Gasteiger partial charge in [-0.1, -0.05) is 57.6 Å². The van der Waals surface area contributed by atoms with E-state index in [9.17, 15) is 26.7 Å². The third-order valence-corrected chi connectivity index (χ3v) is 8.67. The van der Waals surface area contributed by atoms with Crippen LogP contribution in [0, 0.1) is 29.1 Å². The minimum atomic E-state index is -2.35. The van der Waals surface area contributed by atoms with Crippen LogP contribution < -0.4 is 9.47 Å². The first-order chi connectivity index (χ1) is 30.3. The van der Waals surface area contributed by atoms with E-state index in [2.05, 4.69) is 23.8 Å². The van der Waals surface area contributed by atoms with E-state index in [0.717, 1.165) is 12.2 Å². The molecule has 13 nitrogen and oxygen atoms in total. The molecule has 0 aliphatic rings. The summed E-state index contributed by atoms with van der Waals surface area (Å²) in [5.41, 5.74) is 1.36. The van der Waals surface area contributed by atoms with Crippen molar-refractivity contribution < 1.29 is 83.6 Å². The minimum Gasteiger partial charge on any atom is -0.491 e. The number of aryl methyl sites for hydroxylation is 1. The Kier molecular flexibility index (Phi) is 34.1. The van der Waals surface area contributed by atoms with Crippen molar-refractivity contribution in [2.45, 2.75) is 64.7 Å². The molecule has 0 radical (unpaired) electrons. The Balaban J connectivity index is 1.21. The Labute approximate surface area is 363 Å². The summed E-state index contributed by atoms with van der Waals surface area (Å²) in [5.74, 6) is -13.3. The van der Waals surface area contributed by atoms with Crippen LogP contribution in [0.15, 0.2) is 24.3 Å². The van der Waals surface area contributed by atoms with Crippen molar-refractivity contribution in [3.8, 4) is 11.5 Å². The second-order valence-corrected chi connectivity index (χ2v) is 13.6. The van der Waals surface area contributed by atoms with Gasteiger partial charge in [-0.2, -0.15) is 8.78 Å². The Bertz CT molecular complexity index is 1370. The van der Waals surface area contributed by atoms with Gasteiger partial charge >= 0.3 is 5.97 Å². The van der Waals surface area contributed by atoms with Gasteiger partial charge in [-0.15, -0.1) is 0 Å². The number of halogens is 5. The van der Waals surface area contributed by atoms with Crippen LogP contribution in [0.3, 0.4) is 0 Å². The van der Waals surface area contributed by atoms with Crippen molar-refractivity contribution in [3.05, 3.63) is 58.9 Å². The zero-order valence-corrected chi connectivity index (χ0v) is 36.2. The van der Waals surface area contributed by atoms with Gasteiger partial charge in [-0.05, 0) is 30.5 Å². The molecule has 0 amide bonds. The fourth-order valence-corrected chi connectivity index (χ4v) is 5.33. The molecule has 2 aromatic carbocycles. The van der Waals surface area contributed by atoms with Crippen molar-refractivity contribution in [2.24, 2.45) is 0 Å². The molecule has 18 heteroatoms. The standard InChI is InChI=1S/C44H67F5O13/c1-2-3-4-5-6-7-8-9-36-10-12-37(13-11-36)61-35-34-60-33-32-59-31-30-58-29-28-57-27-26-56-25-24-55-23-22-54-21-20-53-19-18-52-17-16-51-15-14-38(50)62-44-42(48)40(46)39(45)41(47)43(44)49/h10-13H,2-9,14-35H2,1H3. The highest BCUT2D eigenvalue weighted by Gasteiger charge is 2.28. The van der Waals surface area contributed by atoms with Crippen molar-refractivity contribution in [1.29, 1.82) is 0 Å². The van der Waals surface area contributed by atoms with Crippen LogP contribution in [-0.2, 0) is 58.6 Å². The first kappa shape index (κ1) is 55.1. The summed E-state index contributed by atoms with van der Waals surface area (Å²) in [4.78, 5) is 11.7. The number of hydrogen-bond donors (Lipinski definition) is 0. The molecule has 0 heterocycles. The number of carbonyl (C=O) groups is 1. The van der Waals surface area contributed by atoms with E-state index >= 15 is 0 Å². The molecule has 0 spiro atoms. The number of hydrogen-bond acceptors (Lipinski definition) is 13. The molecule has 0 bridgehead atoms. The molecular formula is C44H67F5O13. The van der Waals surface area contributed by atoms with E-state index < -0.39 is 47.2 Å². The summed E-state index contributed by atoms with van der Waals surface area (Å²) >= 11 is 0. The van der Waals surface area contributed by atoms with E-state index in [0.29, 0.717) is 112 Å². The van der Waals surface area contributed by atoms with Crippen LogP contribution >= 0.6 is 0 Å². The number of rotatable bonds is 43. The van der Waals surface area contributed by atoms with Gasteiger partial charge in [-0.25, -0.2) is 13.2 Å². The lowest BCUT2D eigenvalue weighted by Crippen LogP contribution is -2.16. The number of benzene rings is 2. The van der Waals surface area contributed by atoms with Crippen LogP contribution in [0.5, 0.6) is 11.5 Å². The van der Waals surface area contributed by atoms with Crippen LogP contribution in [0.25, 0.3) is 0 Å². The predicted molar refractivity (Wildman–Crippen MR) is 218 cm³/mol. The highest BCUT2D eigenvalue weighted by Crippen LogP contribution is 2.29. The van der Waals surface area contributed by atoms with Gasteiger partial charge in [0.25, 0.3) is 0 Å². The smallest absolute Gasteiger partial charge is 0.313 e. The van der Waals surface area contributed by atoms with Gasteiger partial charge in [0.1, 0.15) is 12.4 Å². The summed E-state index contributed by atoms with van der Waals surface area (Å²) in [6, 6.07) is 8.38. The highest BCUT2D eigenvalue weighted by molar-refractivity contribution is 5.72. The zero-order valence-electron chi connectivity index (χ0n) is 36.2. The normalized spacial score (nSPS) is 11.5.